The highest BCUT2D eigenvalue weighted by atomic mass is 79.9. The average Bonchev–Trinajstić information content (AvgIpc) is 2.15. The van der Waals surface area contributed by atoms with Crippen molar-refractivity contribution in [2.24, 2.45) is 0 Å². The van der Waals surface area contributed by atoms with Crippen LogP contribution in [0.3, 0.4) is 0 Å². The Kier molecular flexibility index (Phi) is 4.02. The summed E-state index contributed by atoms with van der Waals surface area (Å²) in [7, 11) is 0. The van der Waals surface area contributed by atoms with Gasteiger partial charge in [0.05, 0.1) is 15.4 Å². The smallest absolute Gasteiger partial charge is 0.298 e. The molecular weight excluding hydrogens is 308 g/mol. The van der Waals surface area contributed by atoms with E-state index in [9.17, 15) is 18.0 Å². The predicted octanol–water partition coefficient (Wildman–Crippen LogP) is 4.38. The first kappa shape index (κ1) is 13.5. The largest absolute Gasteiger partial charge is 0.417 e. The minimum atomic E-state index is -4.52. The molecule has 1 aromatic carbocycles. The van der Waals surface area contributed by atoms with Crippen LogP contribution in [0.25, 0.3) is 0 Å². The number of halogens is 5. The van der Waals surface area contributed by atoms with Crippen molar-refractivity contribution >= 4 is 33.3 Å². The molecule has 0 N–H and O–H groups in total. The van der Waals surface area contributed by atoms with Crippen LogP contribution >= 0.6 is 27.5 Å². The van der Waals surface area contributed by atoms with Gasteiger partial charge in [-0.15, -0.1) is 0 Å². The Labute approximate surface area is 104 Å². The van der Waals surface area contributed by atoms with Gasteiger partial charge in [-0.2, -0.15) is 13.2 Å². The maximum absolute atomic E-state index is 12.5. The Balaban J connectivity index is 3.23. The first-order chi connectivity index (χ1) is 7.23. The molecule has 1 unspecified atom stereocenters. The van der Waals surface area contributed by atoms with Gasteiger partial charge in [0.25, 0.3) is 0 Å². The number of hydrogen-bond acceptors (Lipinski definition) is 1. The van der Waals surface area contributed by atoms with E-state index >= 15 is 0 Å². The zero-order valence-corrected chi connectivity index (χ0v) is 10.4. The first-order valence-electron chi connectivity index (χ1n) is 4.24. The van der Waals surface area contributed by atoms with E-state index in [0.717, 1.165) is 12.1 Å². The molecule has 0 saturated heterocycles. The topological polar surface area (TPSA) is 17.1 Å². The third-order valence-corrected chi connectivity index (χ3v) is 3.45. The summed E-state index contributed by atoms with van der Waals surface area (Å²) in [5.41, 5.74) is -0.693. The van der Waals surface area contributed by atoms with E-state index in [4.69, 9.17) is 11.6 Å². The maximum atomic E-state index is 12.5. The van der Waals surface area contributed by atoms with Crippen LogP contribution in [0.4, 0.5) is 13.2 Å². The van der Waals surface area contributed by atoms with Gasteiger partial charge in [0.1, 0.15) is 5.78 Å². The van der Waals surface area contributed by atoms with Crippen molar-refractivity contribution in [2.75, 3.05) is 0 Å². The zero-order chi connectivity index (χ0) is 12.5. The molecule has 0 aliphatic rings. The molecule has 0 heterocycles. The number of benzene rings is 1. The fourth-order valence-corrected chi connectivity index (χ4v) is 1.66. The monoisotopic (exact) mass is 314 g/mol. The van der Waals surface area contributed by atoms with Gasteiger partial charge in [-0.25, -0.2) is 0 Å². The molecule has 1 rings (SSSR count). The highest BCUT2D eigenvalue weighted by Crippen LogP contribution is 2.37. The van der Waals surface area contributed by atoms with Crippen LogP contribution in [0.5, 0.6) is 0 Å². The summed E-state index contributed by atoms with van der Waals surface area (Å²) in [6.45, 7) is 1.29. The van der Waals surface area contributed by atoms with Crippen molar-refractivity contribution in [3.63, 3.8) is 0 Å². The van der Waals surface area contributed by atoms with E-state index in [0.29, 0.717) is 0 Å². The number of carbonyl (C=O) groups is 1. The average molecular weight is 316 g/mol. The zero-order valence-electron chi connectivity index (χ0n) is 8.11. The Bertz CT molecular complexity index is 417. The van der Waals surface area contributed by atoms with E-state index in [1.807, 2.05) is 0 Å². The molecule has 0 aliphatic carbocycles. The second kappa shape index (κ2) is 4.75. The lowest BCUT2D eigenvalue weighted by Crippen LogP contribution is -2.08. The molecule has 6 heteroatoms. The highest BCUT2D eigenvalue weighted by molar-refractivity contribution is 9.09. The number of Topliss-reactive ketones (excluding diaryl/α,β-unsaturated/α-hetero) is 1. The second-order valence-electron chi connectivity index (χ2n) is 3.21. The molecule has 0 amide bonds. The van der Waals surface area contributed by atoms with Gasteiger partial charge in [0.2, 0.25) is 0 Å². The van der Waals surface area contributed by atoms with Gasteiger partial charge in [0, 0.05) is 0 Å². The summed E-state index contributed by atoms with van der Waals surface area (Å²) in [6, 6.07) is 3.40. The summed E-state index contributed by atoms with van der Waals surface area (Å²) in [6.07, 6.45) is -4.52. The number of rotatable bonds is 2. The molecule has 0 aromatic heterocycles. The molecule has 0 spiro atoms. The van der Waals surface area contributed by atoms with Gasteiger partial charge in [-0.1, -0.05) is 33.6 Å². The summed E-state index contributed by atoms with van der Waals surface area (Å²) in [5.74, 6) is -0.268. The molecule has 1 nitrogen and oxygen atoms in total. The predicted molar refractivity (Wildman–Crippen MR) is 58.8 cm³/mol. The highest BCUT2D eigenvalue weighted by Gasteiger charge is 2.33. The van der Waals surface area contributed by atoms with Crippen molar-refractivity contribution in [3.8, 4) is 0 Å². The lowest BCUT2D eigenvalue weighted by Gasteiger charge is -2.12. The molecular formula is C10H7BrClF3O. The molecule has 0 bridgehead atoms. The van der Waals surface area contributed by atoms with Crippen molar-refractivity contribution in [1.29, 1.82) is 0 Å². The third kappa shape index (κ3) is 2.98. The summed E-state index contributed by atoms with van der Waals surface area (Å²) in [4.78, 5) is 10.3. The van der Waals surface area contributed by atoms with Crippen molar-refractivity contribution in [2.45, 2.75) is 17.9 Å². The SMILES string of the molecule is CC(=O)C(Br)c1ccc(Cl)c(C(F)(F)F)c1. The van der Waals surface area contributed by atoms with Gasteiger partial charge < -0.3 is 0 Å². The van der Waals surface area contributed by atoms with E-state index in [2.05, 4.69) is 15.9 Å². The van der Waals surface area contributed by atoms with E-state index in [1.165, 1.54) is 13.0 Å². The fourth-order valence-electron chi connectivity index (χ4n) is 1.15. The van der Waals surface area contributed by atoms with E-state index < -0.39 is 16.6 Å². The number of ketones is 1. The quantitative estimate of drug-likeness (QED) is 0.740. The summed E-state index contributed by atoms with van der Waals surface area (Å²) < 4.78 is 37.5. The molecule has 16 heavy (non-hydrogen) atoms. The van der Waals surface area contributed by atoms with Crippen LogP contribution in [-0.2, 0) is 11.0 Å². The number of alkyl halides is 4. The minimum absolute atomic E-state index is 0.240. The maximum Gasteiger partial charge on any atom is 0.417 e. The van der Waals surface area contributed by atoms with Crippen LogP contribution in [0.1, 0.15) is 22.9 Å². The molecule has 0 fully saturated rings. The van der Waals surface area contributed by atoms with Crippen molar-refractivity contribution in [3.05, 3.63) is 34.3 Å². The first-order valence-corrected chi connectivity index (χ1v) is 5.54. The number of hydrogen-bond donors (Lipinski definition) is 0. The third-order valence-electron chi connectivity index (χ3n) is 1.95. The minimum Gasteiger partial charge on any atom is -0.298 e. The number of carbonyl (C=O) groups excluding carboxylic acids is 1. The normalized spacial score (nSPS) is 13.6. The van der Waals surface area contributed by atoms with Crippen molar-refractivity contribution in [1.82, 2.24) is 0 Å². The Morgan fingerprint density at radius 2 is 2.00 bits per heavy atom. The lowest BCUT2D eigenvalue weighted by atomic mass is 10.1. The van der Waals surface area contributed by atoms with E-state index in [-0.39, 0.29) is 16.4 Å². The van der Waals surface area contributed by atoms with Crippen LogP contribution in [0.15, 0.2) is 18.2 Å². The Hall–Kier alpha value is -0.550. The van der Waals surface area contributed by atoms with Crippen LogP contribution in [0.2, 0.25) is 5.02 Å². The molecule has 1 aromatic rings. The van der Waals surface area contributed by atoms with E-state index in [1.54, 1.807) is 0 Å². The van der Waals surface area contributed by atoms with Crippen molar-refractivity contribution < 1.29 is 18.0 Å². The van der Waals surface area contributed by atoms with Crippen LogP contribution in [-0.4, -0.2) is 5.78 Å². The molecule has 88 valence electrons. The van der Waals surface area contributed by atoms with Crippen LogP contribution < -0.4 is 0 Å². The fraction of sp³-hybridized carbons (Fsp3) is 0.300. The summed E-state index contributed by atoms with van der Waals surface area (Å²) in [5, 5.41) is -0.375. The standard InChI is InChI=1S/C10H7BrClF3O/c1-5(16)9(11)6-2-3-8(12)7(4-6)10(13,14)15/h2-4,9H,1H3. The molecule has 0 radical (unpaired) electrons. The molecule has 1 atom stereocenters. The van der Waals surface area contributed by atoms with Gasteiger partial charge >= 0.3 is 6.18 Å². The van der Waals surface area contributed by atoms with Gasteiger partial charge in [-0.05, 0) is 24.6 Å². The Morgan fingerprint density at radius 3 is 2.44 bits per heavy atom. The summed E-state index contributed by atoms with van der Waals surface area (Å²) >= 11 is 8.46. The van der Waals surface area contributed by atoms with Gasteiger partial charge in [-0.3, -0.25) is 4.79 Å². The molecule has 0 saturated carbocycles. The van der Waals surface area contributed by atoms with Gasteiger partial charge in [0.15, 0.2) is 0 Å². The lowest BCUT2D eigenvalue weighted by molar-refractivity contribution is -0.137. The Morgan fingerprint density at radius 1 is 1.44 bits per heavy atom. The molecule has 0 aliphatic heterocycles. The van der Waals surface area contributed by atoms with Crippen LogP contribution in [0, 0.1) is 0 Å². The second-order valence-corrected chi connectivity index (χ2v) is 4.53.